The number of aryl methyl sites for hydroxylation is 1. The number of amides is 1. The molecule has 1 aromatic carbocycles. The summed E-state index contributed by atoms with van der Waals surface area (Å²) in [5.74, 6) is 0.542. The predicted octanol–water partition coefficient (Wildman–Crippen LogP) is 2.18. The third-order valence-electron chi connectivity index (χ3n) is 2.82. The number of carbonyl (C=O) groups is 1. The van der Waals surface area contributed by atoms with Crippen molar-refractivity contribution in [2.75, 3.05) is 13.1 Å². The fraction of sp³-hybridized carbons (Fsp3) is 0.417. The van der Waals surface area contributed by atoms with Crippen LogP contribution in [-0.2, 0) is 0 Å². The minimum atomic E-state index is -0.344. The summed E-state index contributed by atoms with van der Waals surface area (Å²) < 4.78 is 5.31. The minimum absolute atomic E-state index is 0.0638. The molecule has 0 aliphatic carbocycles. The van der Waals surface area contributed by atoms with Crippen molar-refractivity contribution in [3.8, 4) is 5.75 Å². The van der Waals surface area contributed by atoms with E-state index in [2.05, 4.69) is 0 Å². The van der Waals surface area contributed by atoms with E-state index in [-0.39, 0.29) is 12.1 Å². The second-order valence-corrected chi connectivity index (χ2v) is 4.71. The van der Waals surface area contributed by atoms with Crippen LogP contribution in [0, 0.1) is 6.92 Å². The van der Waals surface area contributed by atoms with Crippen LogP contribution in [0.25, 0.3) is 0 Å². The van der Waals surface area contributed by atoms with Crippen LogP contribution in [0.1, 0.15) is 12.0 Å². The van der Waals surface area contributed by atoms with Crippen molar-refractivity contribution in [1.29, 1.82) is 0 Å². The Labute approximate surface area is 105 Å². The highest BCUT2D eigenvalue weighted by Crippen LogP contribution is 2.23. The molecule has 0 saturated carbocycles. The molecule has 1 unspecified atom stereocenters. The summed E-state index contributed by atoms with van der Waals surface area (Å²) in [6.07, 6.45) is 0.484. The third-order valence-corrected chi connectivity index (χ3v) is 3.05. The summed E-state index contributed by atoms with van der Waals surface area (Å²) in [7, 11) is 0. The molecule has 1 heterocycles. The lowest BCUT2D eigenvalue weighted by Gasteiger charge is -2.16. The number of nitrogens with zero attached hydrogens (tertiary/aromatic N) is 1. The van der Waals surface area contributed by atoms with Gasteiger partial charge in [-0.25, -0.2) is 4.79 Å². The highest BCUT2D eigenvalue weighted by atomic mass is 35.5. The van der Waals surface area contributed by atoms with E-state index in [0.29, 0.717) is 23.9 Å². The van der Waals surface area contributed by atoms with Gasteiger partial charge in [0.25, 0.3) is 0 Å². The van der Waals surface area contributed by atoms with Gasteiger partial charge in [-0.05, 0) is 37.1 Å². The van der Waals surface area contributed by atoms with Gasteiger partial charge in [-0.15, -0.1) is 0 Å². The fourth-order valence-corrected chi connectivity index (χ4v) is 2.07. The first kappa shape index (κ1) is 12.2. The number of hydrogen-bond acceptors (Lipinski definition) is 3. The Balaban J connectivity index is 2.03. The Kier molecular flexibility index (Phi) is 3.54. The van der Waals surface area contributed by atoms with Gasteiger partial charge in [0, 0.05) is 24.2 Å². The molecule has 5 heteroatoms. The van der Waals surface area contributed by atoms with Crippen molar-refractivity contribution in [3.05, 3.63) is 28.8 Å². The van der Waals surface area contributed by atoms with E-state index in [0.717, 1.165) is 12.0 Å². The summed E-state index contributed by atoms with van der Waals surface area (Å²) in [6.45, 7) is 3.07. The molecular formula is C12H15ClN2O2. The number of halogens is 1. The molecule has 1 fully saturated rings. The van der Waals surface area contributed by atoms with Crippen LogP contribution in [0.5, 0.6) is 5.75 Å². The molecule has 1 aromatic rings. The van der Waals surface area contributed by atoms with Crippen LogP contribution in [-0.4, -0.2) is 30.1 Å². The van der Waals surface area contributed by atoms with Gasteiger partial charge in [0.1, 0.15) is 5.75 Å². The number of nitrogens with two attached hydrogens (primary N) is 1. The molecule has 1 amide bonds. The molecule has 2 rings (SSSR count). The maximum atomic E-state index is 11.8. The zero-order chi connectivity index (χ0) is 12.4. The molecule has 1 saturated heterocycles. The molecule has 0 radical (unpaired) electrons. The third kappa shape index (κ3) is 2.90. The highest BCUT2D eigenvalue weighted by Gasteiger charge is 2.25. The first-order valence-corrected chi connectivity index (χ1v) is 5.92. The number of carbonyl (C=O) groups excluding carboxylic acids is 1. The molecule has 0 spiro atoms. The number of rotatable bonds is 1. The van der Waals surface area contributed by atoms with Gasteiger partial charge < -0.3 is 15.4 Å². The zero-order valence-corrected chi connectivity index (χ0v) is 10.4. The topological polar surface area (TPSA) is 55.6 Å². The molecule has 1 atom stereocenters. The first-order valence-electron chi connectivity index (χ1n) is 5.55. The van der Waals surface area contributed by atoms with E-state index in [1.807, 2.05) is 6.92 Å². The smallest absolute Gasteiger partial charge is 0.410 e. The van der Waals surface area contributed by atoms with Crippen LogP contribution in [0.3, 0.4) is 0 Å². The Morgan fingerprint density at radius 2 is 2.35 bits per heavy atom. The number of ether oxygens (including phenoxy) is 1. The van der Waals surface area contributed by atoms with E-state index in [1.54, 1.807) is 23.1 Å². The lowest BCUT2D eigenvalue weighted by Crippen LogP contribution is -2.34. The number of likely N-dealkylation sites (tertiary alicyclic amines) is 1. The highest BCUT2D eigenvalue weighted by molar-refractivity contribution is 6.30. The summed E-state index contributed by atoms with van der Waals surface area (Å²) in [5.41, 5.74) is 6.58. The quantitative estimate of drug-likeness (QED) is 0.836. The number of hydrogen-bond donors (Lipinski definition) is 1. The van der Waals surface area contributed by atoms with Crippen LogP contribution >= 0.6 is 11.6 Å². The van der Waals surface area contributed by atoms with Gasteiger partial charge in [0.2, 0.25) is 0 Å². The summed E-state index contributed by atoms with van der Waals surface area (Å²) in [5, 5.41) is 0.630. The molecule has 1 aliphatic rings. The Morgan fingerprint density at radius 3 is 2.94 bits per heavy atom. The molecule has 17 heavy (non-hydrogen) atoms. The van der Waals surface area contributed by atoms with E-state index in [9.17, 15) is 4.79 Å². The Morgan fingerprint density at radius 1 is 1.59 bits per heavy atom. The summed E-state index contributed by atoms with van der Waals surface area (Å²) in [6, 6.07) is 5.23. The minimum Gasteiger partial charge on any atom is -0.410 e. The second kappa shape index (κ2) is 4.94. The Hall–Kier alpha value is -1.26. The van der Waals surface area contributed by atoms with E-state index < -0.39 is 0 Å². The van der Waals surface area contributed by atoms with Gasteiger partial charge in [-0.1, -0.05) is 11.6 Å². The molecular weight excluding hydrogens is 240 g/mol. The van der Waals surface area contributed by atoms with E-state index >= 15 is 0 Å². The maximum Gasteiger partial charge on any atom is 0.415 e. The van der Waals surface area contributed by atoms with Crippen molar-refractivity contribution in [3.63, 3.8) is 0 Å². The van der Waals surface area contributed by atoms with Crippen molar-refractivity contribution < 1.29 is 9.53 Å². The average molecular weight is 255 g/mol. The van der Waals surface area contributed by atoms with Gasteiger partial charge in [0.15, 0.2) is 0 Å². The van der Waals surface area contributed by atoms with Gasteiger partial charge in [0.05, 0.1) is 0 Å². The SMILES string of the molecule is Cc1cc(Cl)ccc1OC(=O)N1CCC(N)C1. The van der Waals surface area contributed by atoms with Crippen molar-refractivity contribution in [2.45, 2.75) is 19.4 Å². The molecule has 1 aliphatic heterocycles. The van der Waals surface area contributed by atoms with Crippen LogP contribution in [0.15, 0.2) is 18.2 Å². The normalized spacial score (nSPS) is 19.5. The fourth-order valence-electron chi connectivity index (χ4n) is 1.84. The second-order valence-electron chi connectivity index (χ2n) is 4.27. The lowest BCUT2D eigenvalue weighted by molar-refractivity contribution is 0.162. The van der Waals surface area contributed by atoms with Crippen LogP contribution in [0.4, 0.5) is 4.79 Å². The molecule has 2 N–H and O–H groups in total. The van der Waals surface area contributed by atoms with E-state index in [1.165, 1.54) is 0 Å². The van der Waals surface area contributed by atoms with Crippen molar-refractivity contribution in [2.24, 2.45) is 5.73 Å². The largest absolute Gasteiger partial charge is 0.415 e. The molecule has 0 aromatic heterocycles. The average Bonchev–Trinajstić information content (AvgIpc) is 2.69. The standard InChI is InChI=1S/C12H15ClN2O2/c1-8-6-9(13)2-3-11(8)17-12(16)15-5-4-10(14)7-15/h2-3,6,10H,4-5,7,14H2,1H3. The monoisotopic (exact) mass is 254 g/mol. The molecule has 0 bridgehead atoms. The summed E-state index contributed by atoms with van der Waals surface area (Å²) >= 11 is 5.83. The predicted molar refractivity (Wildman–Crippen MR) is 66.4 cm³/mol. The Bertz CT molecular complexity index is 437. The zero-order valence-electron chi connectivity index (χ0n) is 9.65. The van der Waals surface area contributed by atoms with Gasteiger partial charge in [-0.2, -0.15) is 0 Å². The van der Waals surface area contributed by atoms with Crippen LogP contribution < -0.4 is 10.5 Å². The van der Waals surface area contributed by atoms with Crippen LogP contribution in [0.2, 0.25) is 5.02 Å². The van der Waals surface area contributed by atoms with Crippen molar-refractivity contribution >= 4 is 17.7 Å². The number of benzene rings is 1. The van der Waals surface area contributed by atoms with Gasteiger partial charge in [-0.3, -0.25) is 0 Å². The van der Waals surface area contributed by atoms with Gasteiger partial charge >= 0.3 is 6.09 Å². The lowest BCUT2D eigenvalue weighted by atomic mass is 10.2. The van der Waals surface area contributed by atoms with E-state index in [4.69, 9.17) is 22.1 Å². The maximum absolute atomic E-state index is 11.8. The first-order chi connectivity index (χ1) is 8.06. The molecule has 4 nitrogen and oxygen atoms in total. The van der Waals surface area contributed by atoms with Crippen molar-refractivity contribution in [1.82, 2.24) is 4.90 Å². The molecule has 92 valence electrons. The summed E-state index contributed by atoms with van der Waals surface area (Å²) in [4.78, 5) is 13.4.